The summed E-state index contributed by atoms with van der Waals surface area (Å²) in [6, 6.07) is 0. The summed E-state index contributed by atoms with van der Waals surface area (Å²) in [5.74, 6) is 0.224. The maximum atomic E-state index is 10.1. The third-order valence-electron chi connectivity index (χ3n) is 3.26. The Balaban J connectivity index is 2.17. The van der Waals surface area contributed by atoms with Gasteiger partial charge in [0.2, 0.25) is 5.06 Å². The Morgan fingerprint density at radius 2 is 2.16 bits per heavy atom. The lowest BCUT2D eigenvalue weighted by Crippen LogP contribution is -2.41. The largest absolute Gasteiger partial charge is 0.387 e. The average molecular weight is 283 g/mol. The highest BCUT2D eigenvalue weighted by Gasteiger charge is 2.52. The molecule has 1 aliphatic heterocycles. The van der Waals surface area contributed by atoms with Gasteiger partial charge in [0, 0.05) is 0 Å². The number of fused-ring (bicyclic) bond motifs is 1. The topological polar surface area (TPSA) is 119 Å². The fraction of sp³-hybridized carbons (Fsp3) is 0.500. The van der Waals surface area contributed by atoms with Gasteiger partial charge in [-0.25, -0.2) is 15.0 Å². The van der Waals surface area contributed by atoms with Crippen LogP contribution in [0, 0.1) is 0 Å². The van der Waals surface area contributed by atoms with Gasteiger partial charge in [-0.3, -0.25) is 4.57 Å². The van der Waals surface area contributed by atoms with Crippen LogP contribution in [0.5, 0.6) is 0 Å². The quantitative estimate of drug-likeness (QED) is 0.500. The van der Waals surface area contributed by atoms with E-state index in [1.807, 2.05) is 0 Å². The van der Waals surface area contributed by atoms with Crippen LogP contribution in [0.4, 0.5) is 5.82 Å². The third-order valence-corrected chi connectivity index (χ3v) is 3.84. The molecule has 8 nitrogen and oxygen atoms in total. The van der Waals surface area contributed by atoms with Crippen molar-refractivity contribution in [3.05, 3.63) is 12.7 Å². The molecule has 0 saturated carbocycles. The Kier molecular flexibility index (Phi) is 2.68. The van der Waals surface area contributed by atoms with Crippen molar-refractivity contribution in [2.75, 3.05) is 5.73 Å². The van der Waals surface area contributed by atoms with E-state index in [2.05, 4.69) is 27.6 Å². The van der Waals surface area contributed by atoms with E-state index in [1.54, 1.807) is 6.92 Å². The first-order valence-corrected chi connectivity index (χ1v) is 6.10. The van der Waals surface area contributed by atoms with Crippen LogP contribution in [0.3, 0.4) is 0 Å². The number of thiol groups is 1. The second kappa shape index (κ2) is 4.04. The molecule has 0 radical (unpaired) electrons. The Labute approximate surface area is 113 Å². The molecule has 9 heteroatoms. The van der Waals surface area contributed by atoms with Gasteiger partial charge in [-0.05, 0) is 6.92 Å². The zero-order valence-electron chi connectivity index (χ0n) is 10.0. The fourth-order valence-corrected chi connectivity index (χ4v) is 2.64. The van der Waals surface area contributed by atoms with Crippen LogP contribution in [0.1, 0.15) is 6.92 Å². The number of hydrogen-bond acceptors (Lipinski definition) is 8. The van der Waals surface area contributed by atoms with Crippen molar-refractivity contribution in [1.29, 1.82) is 0 Å². The number of hydrogen-bond donors (Lipinski definition) is 4. The molecule has 4 atom stereocenters. The summed E-state index contributed by atoms with van der Waals surface area (Å²) in [6.07, 6.45) is -0.150. The molecule has 3 heterocycles. The van der Waals surface area contributed by atoms with Gasteiger partial charge in [0.05, 0.1) is 6.10 Å². The summed E-state index contributed by atoms with van der Waals surface area (Å²) >= 11 is 4.35. The summed E-state index contributed by atoms with van der Waals surface area (Å²) in [7, 11) is 0. The van der Waals surface area contributed by atoms with E-state index in [0.717, 1.165) is 0 Å². The summed E-state index contributed by atoms with van der Waals surface area (Å²) in [6.45, 7) is 1.65. The van der Waals surface area contributed by atoms with Gasteiger partial charge in [-0.15, -0.1) is 12.6 Å². The highest BCUT2D eigenvalue weighted by molar-refractivity contribution is 7.81. The summed E-state index contributed by atoms with van der Waals surface area (Å²) < 4.78 is 6.98. The molecule has 0 aromatic carbocycles. The molecule has 1 saturated heterocycles. The maximum Gasteiger partial charge on any atom is 0.222 e. The number of aliphatic hydroxyl groups excluding tert-OH is 2. The van der Waals surface area contributed by atoms with Crippen LogP contribution in [-0.4, -0.2) is 48.0 Å². The predicted molar refractivity (Wildman–Crippen MR) is 69.3 cm³/mol. The molecule has 2 aromatic rings. The lowest BCUT2D eigenvalue weighted by molar-refractivity contribution is -0.0599. The van der Waals surface area contributed by atoms with Gasteiger partial charge in [0.15, 0.2) is 11.5 Å². The van der Waals surface area contributed by atoms with E-state index in [-0.39, 0.29) is 5.82 Å². The van der Waals surface area contributed by atoms with E-state index in [4.69, 9.17) is 10.5 Å². The first kappa shape index (κ1) is 12.6. The maximum absolute atomic E-state index is 10.1. The molecule has 2 aromatic heterocycles. The summed E-state index contributed by atoms with van der Waals surface area (Å²) in [5.41, 5.74) is 6.46. The van der Waals surface area contributed by atoms with Crippen molar-refractivity contribution in [1.82, 2.24) is 19.5 Å². The Morgan fingerprint density at radius 3 is 2.79 bits per heavy atom. The lowest BCUT2D eigenvalue weighted by Gasteiger charge is -2.28. The Morgan fingerprint density at radius 1 is 1.42 bits per heavy atom. The molecule has 0 aliphatic carbocycles. The number of nitrogens with two attached hydrogens (primary N) is 1. The Hall–Kier alpha value is -1.42. The van der Waals surface area contributed by atoms with Crippen molar-refractivity contribution in [3.63, 3.8) is 0 Å². The normalized spacial score (nSPS) is 35.1. The number of rotatable bonds is 1. The molecule has 3 rings (SSSR count). The van der Waals surface area contributed by atoms with Crippen LogP contribution in [-0.2, 0) is 9.79 Å². The monoisotopic (exact) mass is 283 g/mol. The number of anilines is 1. The van der Waals surface area contributed by atoms with Crippen LogP contribution in [0.15, 0.2) is 12.7 Å². The number of aromatic nitrogens is 4. The average Bonchev–Trinajstić information content (AvgIpc) is 2.89. The van der Waals surface area contributed by atoms with Crippen LogP contribution < -0.4 is 5.73 Å². The minimum atomic E-state index is -1.45. The van der Waals surface area contributed by atoms with Crippen LogP contribution >= 0.6 is 12.6 Å². The van der Waals surface area contributed by atoms with Crippen molar-refractivity contribution in [2.24, 2.45) is 0 Å². The standard InChI is InChI=1S/C10H13N5O3S/c1-4-6(16)7(17)10(19,18-4)15-3-14-5-8(11)12-2-13-9(5)15/h2-4,6-7,16-17,19H,1H3,(H2,11,12,13)/t4-,6-,7-,10+/m1/s1. The predicted octanol–water partition coefficient (Wildman–Crippen LogP) is -0.911. The number of imidazole rings is 1. The minimum absolute atomic E-state index is 0.224. The molecule has 0 unspecified atom stereocenters. The van der Waals surface area contributed by atoms with Gasteiger partial charge >= 0.3 is 0 Å². The highest BCUT2D eigenvalue weighted by Crippen LogP contribution is 2.40. The molecule has 0 amide bonds. The molecular formula is C10H13N5O3S. The highest BCUT2D eigenvalue weighted by atomic mass is 32.1. The number of ether oxygens (including phenoxy) is 1. The smallest absolute Gasteiger partial charge is 0.222 e. The Bertz CT molecular complexity index is 635. The number of nitrogens with zero attached hydrogens (tertiary/aromatic N) is 4. The van der Waals surface area contributed by atoms with Crippen molar-refractivity contribution in [3.8, 4) is 0 Å². The van der Waals surface area contributed by atoms with Gasteiger partial charge in [0.1, 0.15) is 30.4 Å². The first-order chi connectivity index (χ1) is 8.95. The first-order valence-electron chi connectivity index (χ1n) is 5.65. The molecular weight excluding hydrogens is 270 g/mol. The van der Waals surface area contributed by atoms with E-state index in [9.17, 15) is 10.2 Å². The van der Waals surface area contributed by atoms with E-state index >= 15 is 0 Å². The molecule has 102 valence electrons. The van der Waals surface area contributed by atoms with Gasteiger partial charge < -0.3 is 20.7 Å². The molecule has 0 bridgehead atoms. The number of nitrogen functional groups attached to an aromatic ring is 1. The van der Waals surface area contributed by atoms with Crippen LogP contribution in [0.2, 0.25) is 0 Å². The van der Waals surface area contributed by atoms with E-state index in [1.165, 1.54) is 17.2 Å². The second-order valence-corrected chi connectivity index (χ2v) is 5.10. The minimum Gasteiger partial charge on any atom is -0.387 e. The molecule has 4 N–H and O–H groups in total. The van der Waals surface area contributed by atoms with Crippen LogP contribution in [0.25, 0.3) is 11.2 Å². The fourth-order valence-electron chi connectivity index (χ4n) is 2.18. The van der Waals surface area contributed by atoms with Crippen molar-refractivity contribution < 1.29 is 14.9 Å². The molecule has 0 spiro atoms. The number of aliphatic hydroxyl groups is 2. The molecule has 19 heavy (non-hydrogen) atoms. The molecule has 1 aliphatic rings. The van der Waals surface area contributed by atoms with Gasteiger partial charge in [0.25, 0.3) is 0 Å². The SMILES string of the molecule is C[C@H]1O[C@@](S)(n2cnc3c(N)ncnc32)[C@H](O)[C@@H]1O. The molecule has 1 fully saturated rings. The summed E-state index contributed by atoms with van der Waals surface area (Å²) in [5, 5.41) is 18.5. The van der Waals surface area contributed by atoms with Crippen molar-refractivity contribution >= 4 is 29.6 Å². The zero-order valence-corrected chi connectivity index (χ0v) is 10.9. The zero-order chi connectivity index (χ0) is 13.8. The van der Waals surface area contributed by atoms with Crippen molar-refractivity contribution in [2.45, 2.75) is 30.3 Å². The summed E-state index contributed by atoms with van der Waals surface area (Å²) in [4.78, 5) is 12.0. The third kappa shape index (κ3) is 1.62. The van der Waals surface area contributed by atoms with Gasteiger partial charge in [-0.2, -0.15) is 0 Å². The second-order valence-electron chi connectivity index (χ2n) is 4.46. The van der Waals surface area contributed by atoms with E-state index < -0.39 is 23.4 Å². The van der Waals surface area contributed by atoms with Gasteiger partial charge in [-0.1, -0.05) is 0 Å². The lowest BCUT2D eigenvalue weighted by atomic mass is 10.1. The van der Waals surface area contributed by atoms with E-state index in [0.29, 0.717) is 11.2 Å².